The molecule has 0 radical (unpaired) electrons. The summed E-state index contributed by atoms with van der Waals surface area (Å²) < 4.78 is 10.4. The molecule has 3 heteroatoms. The summed E-state index contributed by atoms with van der Waals surface area (Å²) in [5.74, 6) is 1.27. The molecular formula is C10H9NO2. The molecule has 0 amide bonds. The molecule has 0 N–H and O–H groups in total. The van der Waals surface area contributed by atoms with Gasteiger partial charge in [0.15, 0.2) is 11.5 Å². The topological polar surface area (TPSA) is 42.2 Å². The van der Waals surface area contributed by atoms with Gasteiger partial charge in [-0.3, -0.25) is 0 Å². The van der Waals surface area contributed by atoms with Crippen LogP contribution in [0.4, 0.5) is 0 Å². The fourth-order valence-electron chi connectivity index (χ4n) is 1.43. The van der Waals surface area contributed by atoms with Crippen LogP contribution in [0.3, 0.4) is 0 Å². The van der Waals surface area contributed by atoms with Crippen LogP contribution in [-0.2, 0) is 6.42 Å². The first-order valence-corrected chi connectivity index (χ1v) is 4.18. The van der Waals surface area contributed by atoms with Crippen molar-refractivity contribution in [1.82, 2.24) is 0 Å². The van der Waals surface area contributed by atoms with Gasteiger partial charge in [-0.15, -0.1) is 0 Å². The molecule has 0 bridgehead atoms. The number of ether oxygens (including phenoxy) is 2. The molecule has 0 atom stereocenters. The van der Waals surface area contributed by atoms with Crippen LogP contribution in [0.2, 0.25) is 0 Å². The summed E-state index contributed by atoms with van der Waals surface area (Å²) in [5.41, 5.74) is 1.62. The van der Waals surface area contributed by atoms with Crippen molar-refractivity contribution in [1.29, 1.82) is 5.26 Å². The molecule has 0 unspecified atom stereocenters. The molecule has 13 heavy (non-hydrogen) atoms. The van der Waals surface area contributed by atoms with Crippen molar-refractivity contribution in [2.75, 3.05) is 6.79 Å². The number of hydrogen-bond donors (Lipinski definition) is 0. The van der Waals surface area contributed by atoms with E-state index in [2.05, 4.69) is 6.07 Å². The van der Waals surface area contributed by atoms with Gasteiger partial charge in [0.25, 0.3) is 0 Å². The highest BCUT2D eigenvalue weighted by Crippen LogP contribution is 2.36. The first kappa shape index (κ1) is 7.93. The van der Waals surface area contributed by atoms with E-state index in [1.54, 1.807) is 0 Å². The van der Waals surface area contributed by atoms with E-state index in [1.165, 1.54) is 0 Å². The maximum absolute atomic E-state index is 8.93. The van der Waals surface area contributed by atoms with Gasteiger partial charge in [0.05, 0.1) is 0 Å². The lowest BCUT2D eigenvalue weighted by Crippen LogP contribution is -1.94. The van der Waals surface area contributed by atoms with E-state index >= 15 is 0 Å². The Hall–Kier alpha value is -1.69. The van der Waals surface area contributed by atoms with Crippen molar-refractivity contribution in [3.63, 3.8) is 0 Å². The minimum atomic E-state index is 0.219. The predicted molar refractivity (Wildman–Crippen MR) is 46.7 cm³/mol. The van der Waals surface area contributed by atoms with Gasteiger partial charge in [0.2, 0.25) is 6.79 Å². The third-order valence-corrected chi connectivity index (χ3v) is 2.12. The normalized spacial score (nSPS) is 12.6. The van der Waals surface area contributed by atoms with Crippen molar-refractivity contribution in [3.05, 3.63) is 23.3 Å². The lowest BCUT2D eigenvalue weighted by atomic mass is 10.0. The first-order chi connectivity index (χ1) is 6.36. The third-order valence-electron chi connectivity index (χ3n) is 2.12. The average molecular weight is 175 g/mol. The number of benzene rings is 1. The van der Waals surface area contributed by atoms with Crippen LogP contribution < -0.4 is 9.47 Å². The highest BCUT2D eigenvalue weighted by Gasteiger charge is 2.19. The summed E-state index contributed by atoms with van der Waals surface area (Å²) in [7, 11) is 0. The van der Waals surface area contributed by atoms with E-state index in [0.717, 1.165) is 12.0 Å². The van der Waals surface area contributed by atoms with Crippen molar-refractivity contribution in [3.8, 4) is 17.6 Å². The molecule has 1 aromatic rings. The van der Waals surface area contributed by atoms with E-state index < -0.39 is 0 Å². The monoisotopic (exact) mass is 175 g/mol. The average Bonchev–Trinajstić information content (AvgIpc) is 2.63. The summed E-state index contributed by atoms with van der Waals surface area (Å²) in [6.45, 7) is 2.23. The third kappa shape index (κ3) is 1.11. The molecular weight excluding hydrogens is 166 g/mol. The molecule has 66 valence electrons. The minimum absolute atomic E-state index is 0.219. The molecule has 1 heterocycles. The van der Waals surface area contributed by atoms with Gasteiger partial charge in [-0.1, -0.05) is 13.0 Å². The SMILES string of the molecule is CCc1ccc2c(c1C#N)OCO2. The summed E-state index contributed by atoms with van der Waals surface area (Å²) in [6, 6.07) is 5.90. The van der Waals surface area contributed by atoms with Crippen molar-refractivity contribution < 1.29 is 9.47 Å². The predicted octanol–water partition coefficient (Wildman–Crippen LogP) is 1.85. The van der Waals surface area contributed by atoms with E-state index in [4.69, 9.17) is 14.7 Å². The number of nitriles is 1. The lowest BCUT2D eigenvalue weighted by Gasteiger charge is -2.03. The Morgan fingerprint density at radius 1 is 1.46 bits per heavy atom. The second-order valence-corrected chi connectivity index (χ2v) is 2.80. The Balaban J connectivity index is 2.61. The molecule has 0 saturated heterocycles. The van der Waals surface area contributed by atoms with Gasteiger partial charge in [0, 0.05) is 0 Å². The molecule has 2 rings (SSSR count). The molecule has 0 saturated carbocycles. The van der Waals surface area contributed by atoms with Gasteiger partial charge >= 0.3 is 0 Å². The second kappa shape index (κ2) is 2.98. The van der Waals surface area contributed by atoms with E-state index in [0.29, 0.717) is 17.1 Å². The first-order valence-electron chi connectivity index (χ1n) is 4.18. The van der Waals surface area contributed by atoms with Crippen LogP contribution in [0.15, 0.2) is 12.1 Å². The van der Waals surface area contributed by atoms with Crippen LogP contribution in [-0.4, -0.2) is 6.79 Å². The number of fused-ring (bicyclic) bond motifs is 1. The molecule has 0 aromatic heterocycles. The summed E-state index contributed by atoms with van der Waals surface area (Å²) >= 11 is 0. The van der Waals surface area contributed by atoms with E-state index in [1.807, 2.05) is 19.1 Å². The Morgan fingerprint density at radius 3 is 3.00 bits per heavy atom. The zero-order valence-corrected chi connectivity index (χ0v) is 7.33. The van der Waals surface area contributed by atoms with Crippen molar-refractivity contribution in [2.24, 2.45) is 0 Å². The summed E-state index contributed by atoms with van der Waals surface area (Å²) in [6.07, 6.45) is 0.833. The Bertz CT molecular complexity index is 379. The Morgan fingerprint density at radius 2 is 2.31 bits per heavy atom. The smallest absolute Gasteiger partial charge is 0.231 e. The van der Waals surface area contributed by atoms with Gasteiger partial charge in [-0.2, -0.15) is 5.26 Å². The quantitative estimate of drug-likeness (QED) is 0.654. The summed E-state index contributed by atoms with van der Waals surface area (Å²) in [4.78, 5) is 0. The number of aryl methyl sites for hydroxylation is 1. The highest BCUT2D eigenvalue weighted by atomic mass is 16.7. The molecule has 1 aliphatic heterocycles. The number of nitrogens with zero attached hydrogens (tertiary/aromatic N) is 1. The zero-order valence-electron chi connectivity index (χ0n) is 7.33. The fourth-order valence-corrected chi connectivity index (χ4v) is 1.43. The van der Waals surface area contributed by atoms with Crippen LogP contribution >= 0.6 is 0 Å². The highest BCUT2D eigenvalue weighted by molar-refractivity contribution is 5.57. The van der Waals surface area contributed by atoms with E-state index in [9.17, 15) is 0 Å². The van der Waals surface area contributed by atoms with Gasteiger partial charge in [-0.25, -0.2) is 0 Å². The molecule has 0 fully saturated rings. The van der Waals surface area contributed by atoms with Crippen LogP contribution in [0, 0.1) is 11.3 Å². The molecule has 3 nitrogen and oxygen atoms in total. The van der Waals surface area contributed by atoms with E-state index in [-0.39, 0.29) is 6.79 Å². The number of hydrogen-bond acceptors (Lipinski definition) is 3. The van der Waals surface area contributed by atoms with Crippen LogP contribution in [0.5, 0.6) is 11.5 Å². The molecule has 1 aromatic carbocycles. The van der Waals surface area contributed by atoms with Crippen molar-refractivity contribution >= 4 is 0 Å². The maximum Gasteiger partial charge on any atom is 0.231 e. The molecule has 0 aliphatic carbocycles. The zero-order chi connectivity index (χ0) is 9.26. The Labute approximate surface area is 76.5 Å². The molecule has 1 aliphatic rings. The second-order valence-electron chi connectivity index (χ2n) is 2.80. The fraction of sp³-hybridized carbons (Fsp3) is 0.300. The minimum Gasteiger partial charge on any atom is -0.454 e. The lowest BCUT2D eigenvalue weighted by molar-refractivity contribution is 0.173. The number of rotatable bonds is 1. The van der Waals surface area contributed by atoms with Gasteiger partial charge < -0.3 is 9.47 Å². The standard InChI is InChI=1S/C10H9NO2/c1-2-7-3-4-9-10(8(7)5-11)13-6-12-9/h3-4H,2,6H2,1H3. The largest absolute Gasteiger partial charge is 0.454 e. The van der Waals surface area contributed by atoms with Gasteiger partial charge in [0.1, 0.15) is 11.6 Å². The maximum atomic E-state index is 8.93. The van der Waals surface area contributed by atoms with Crippen molar-refractivity contribution in [2.45, 2.75) is 13.3 Å². The van der Waals surface area contributed by atoms with Crippen LogP contribution in [0.1, 0.15) is 18.1 Å². The Kier molecular flexibility index (Phi) is 1.82. The molecule has 0 spiro atoms. The summed E-state index contributed by atoms with van der Waals surface area (Å²) in [5, 5.41) is 8.93. The van der Waals surface area contributed by atoms with Gasteiger partial charge in [-0.05, 0) is 18.1 Å². The van der Waals surface area contributed by atoms with Crippen LogP contribution in [0.25, 0.3) is 0 Å².